The molecule has 0 spiro atoms. The fourth-order valence-corrected chi connectivity index (χ4v) is 2.19. The molecule has 1 aromatic carbocycles. The van der Waals surface area contributed by atoms with Crippen molar-refractivity contribution in [2.45, 2.75) is 33.3 Å². The highest BCUT2D eigenvalue weighted by Crippen LogP contribution is 2.14. The molecule has 0 bridgehead atoms. The summed E-state index contributed by atoms with van der Waals surface area (Å²) in [7, 11) is 0. The highest BCUT2D eigenvalue weighted by molar-refractivity contribution is 5.95. The second kappa shape index (κ2) is 7.54. The first-order valence-corrected chi connectivity index (χ1v) is 7.47. The van der Waals surface area contributed by atoms with Crippen molar-refractivity contribution in [3.05, 3.63) is 57.3 Å². The molecule has 0 aliphatic rings. The monoisotopic (exact) mass is 330 g/mol. The van der Waals surface area contributed by atoms with E-state index in [9.17, 15) is 14.4 Å². The molecule has 0 radical (unpaired) electrons. The van der Waals surface area contributed by atoms with Crippen LogP contribution >= 0.6 is 0 Å². The van der Waals surface area contributed by atoms with Crippen LogP contribution in [0.4, 0.5) is 0 Å². The van der Waals surface area contributed by atoms with Crippen molar-refractivity contribution in [1.82, 2.24) is 9.97 Å². The summed E-state index contributed by atoms with van der Waals surface area (Å²) in [5, 5.41) is 8.79. The molecular weight excluding hydrogens is 312 g/mol. The highest BCUT2D eigenvalue weighted by atomic mass is 16.5. The number of aromatic nitrogens is 2. The number of carboxylic acids is 1. The van der Waals surface area contributed by atoms with E-state index in [4.69, 9.17) is 9.84 Å². The van der Waals surface area contributed by atoms with Gasteiger partial charge in [0.25, 0.3) is 5.56 Å². The van der Waals surface area contributed by atoms with Crippen LogP contribution in [0.15, 0.2) is 29.1 Å². The van der Waals surface area contributed by atoms with Gasteiger partial charge in [0.2, 0.25) is 0 Å². The fourth-order valence-electron chi connectivity index (χ4n) is 2.19. The molecule has 0 unspecified atom stereocenters. The van der Waals surface area contributed by atoms with Crippen molar-refractivity contribution in [2.75, 3.05) is 0 Å². The maximum absolute atomic E-state index is 11.9. The molecule has 0 saturated heterocycles. The Balaban J connectivity index is 2.08. The number of rotatable bonds is 7. The minimum absolute atomic E-state index is 0.0322. The Bertz CT molecular complexity index is 809. The lowest BCUT2D eigenvalue weighted by atomic mass is 10.1. The van der Waals surface area contributed by atoms with Crippen molar-refractivity contribution in [3.63, 3.8) is 0 Å². The lowest BCUT2D eigenvalue weighted by Crippen LogP contribution is -2.22. The first-order valence-electron chi connectivity index (χ1n) is 7.47. The van der Waals surface area contributed by atoms with Crippen molar-refractivity contribution in [3.8, 4) is 5.75 Å². The van der Waals surface area contributed by atoms with Crippen LogP contribution in [0.1, 0.15) is 40.8 Å². The van der Waals surface area contributed by atoms with E-state index in [0.717, 1.165) is 0 Å². The number of benzene rings is 1. The maximum atomic E-state index is 11.9. The minimum atomic E-state index is -1.09. The molecule has 126 valence electrons. The first kappa shape index (κ1) is 17.4. The van der Waals surface area contributed by atoms with Crippen molar-refractivity contribution < 1.29 is 19.4 Å². The number of carbonyl (C=O) groups excluding carboxylic acids is 1. The zero-order chi connectivity index (χ0) is 17.7. The second-order valence-corrected chi connectivity index (χ2v) is 5.24. The van der Waals surface area contributed by atoms with Crippen LogP contribution in [0.25, 0.3) is 0 Å². The van der Waals surface area contributed by atoms with Gasteiger partial charge in [-0.05, 0) is 31.2 Å². The van der Waals surface area contributed by atoms with E-state index in [1.54, 1.807) is 38.1 Å². The van der Waals surface area contributed by atoms with E-state index < -0.39 is 11.5 Å². The Morgan fingerprint density at radius 1 is 1.25 bits per heavy atom. The number of ether oxygens (including phenoxy) is 1. The lowest BCUT2D eigenvalue weighted by molar-refractivity contribution is -0.136. The molecule has 2 rings (SSSR count). The lowest BCUT2D eigenvalue weighted by Gasteiger charge is -2.08. The highest BCUT2D eigenvalue weighted by Gasteiger charge is 2.12. The summed E-state index contributed by atoms with van der Waals surface area (Å²) in [6, 6.07) is 6.70. The van der Waals surface area contributed by atoms with E-state index in [1.807, 2.05) is 0 Å². The van der Waals surface area contributed by atoms with Crippen molar-refractivity contribution >= 4 is 11.8 Å². The van der Waals surface area contributed by atoms with Crippen molar-refractivity contribution in [1.29, 1.82) is 0 Å². The van der Waals surface area contributed by atoms with E-state index in [1.165, 1.54) is 0 Å². The summed E-state index contributed by atoms with van der Waals surface area (Å²) in [5.41, 5.74) is 0.634. The summed E-state index contributed by atoms with van der Waals surface area (Å²) in [6.07, 6.45) is 0.0650. The molecule has 1 aromatic heterocycles. The number of aromatic amines is 1. The van der Waals surface area contributed by atoms with Crippen LogP contribution < -0.4 is 10.3 Å². The topological polar surface area (TPSA) is 109 Å². The Morgan fingerprint density at radius 3 is 2.46 bits per heavy atom. The molecule has 1 heterocycles. The molecule has 0 saturated carbocycles. The third-order valence-electron chi connectivity index (χ3n) is 3.47. The first-order chi connectivity index (χ1) is 11.4. The maximum Gasteiger partial charge on any atom is 0.308 e. The van der Waals surface area contributed by atoms with Gasteiger partial charge in [-0.15, -0.1) is 0 Å². The summed E-state index contributed by atoms with van der Waals surface area (Å²) in [5.74, 6) is -0.189. The van der Waals surface area contributed by atoms with Crippen LogP contribution in [0.3, 0.4) is 0 Å². The molecule has 2 N–H and O–H groups in total. The fraction of sp³-hybridized carbons (Fsp3) is 0.294. The molecule has 0 fully saturated rings. The van der Waals surface area contributed by atoms with Gasteiger partial charge in [-0.2, -0.15) is 0 Å². The van der Waals surface area contributed by atoms with E-state index in [-0.39, 0.29) is 24.4 Å². The molecule has 7 heteroatoms. The Kier molecular flexibility index (Phi) is 5.47. The molecule has 0 aliphatic carbocycles. The molecule has 7 nitrogen and oxygen atoms in total. The number of hydrogen-bond acceptors (Lipinski definition) is 5. The standard InChI is InChI=1S/C17H18N2O5/c1-3-14(20)11-4-6-12(7-5-11)24-9-15-18-10(2)13(8-16(21)22)17(23)19-15/h4-7H,3,8-9H2,1-2H3,(H,21,22)(H,18,19,23). The third kappa shape index (κ3) is 4.28. The van der Waals surface area contributed by atoms with Gasteiger partial charge >= 0.3 is 5.97 Å². The zero-order valence-corrected chi connectivity index (χ0v) is 13.5. The quantitative estimate of drug-likeness (QED) is 0.750. The number of aryl methyl sites for hydroxylation is 1. The number of nitrogens with one attached hydrogen (secondary N) is 1. The summed E-state index contributed by atoms with van der Waals surface area (Å²) in [6.45, 7) is 3.41. The predicted octanol–water partition coefficient (Wildman–Crippen LogP) is 1.88. The largest absolute Gasteiger partial charge is 0.486 e. The van der Waals surface area contributed by atoms with E-state index >= 15 is 0 Å². The zero-order valence-electron chi connectivity index (χ0n) is 13.5. The molecular formula is C17H18N2O5. The Hall–Kier alpha value is -2.96. The number of aliphatic carboxylic acids is 1. The second-order valence-electron chi connectivity index (χ2n) is 5.24. The van der Waals surface area contributed by atoms with Gasteiger partial charge in [-0.3, -0.25) is 14.4 Å². The average Bonchev–Trinajstić information content (AvgIpc) is 2.56. The molecule has 0 aliphatic heterocycles. The summed E-state index contributed by atoms with van der Waals surface area (Å²) >= 11 is 0. The van der Waals surface area contributed by atoms with E-state index in [0.29, 0.717) is 29.3 Å². The van der Waals surface area contributed by atoms with Gasteiger partial charge < -0.3 is 14.8 Å². The molecule has 0 atom stereocenters. The smallest absolute Gasteiger partial charge is 0.308 e. The number of carboxylic acid groups (broad SMARTS) is 1. The Morgan fingerprint density at radius 2 is 1.92 bits per heavy atom. The van der Waals surface area contributed by atoms with Crippen molar-refractivity contribution in [2.24, 2.45) is 0 Å². The number of nitrogens with zero attached hydrogens (tertiary/aromatic N) is 1. The number of carbonyl (C=O) groups is 2. The van der Waals surface area contributed by atoms with Gasteiger partial charge in [0.05, 0.1) is 6.42 Å². The minimum Gasteiger partial charge on any atom is -0.486 e. The summed E-state index contributed by atoms with van der Waals surface area (Å²) in [4.78, 5) is 40.9. The molecule has 24 heavy (non-hydrogen) atoms. The van der Waals surface area contributed by atoms with E-state index in [2.05, 4.69) is 9.97 Å². The third-order valence-corrected chi connectivity index (χ3v) is 3.47. The molecule has 2 aromatic rings. The number of Topliss-reactive ketones (excluding diaryl/α,β-unsaturated/α-hetero) is 1. The van der Waals surface area contributed by atoms with Gasteiger partial charge in [-0.1, -0.05) is 6.92 Å². The van der Waals surface area contributed by atoms with Crippen LogP contribution in [0, 0.1) is 6.92 Å². The normalized spacial score (nSPS) is 10.4. The van der Waals surface area contributed by atoms with Crippen LogP contribution in [-0.4, -0.2) is 26.8 Å². The number of hydrogen-bond donors (Lipinski definition) is 2. The van der Waals surface area contributed by atoms with Crippen LogP contribution in [0.5, 0.6) is 5.75 Å². The SMILES string of the molecule is CCC(=O)c1ccc(OCc2nc(C)c(CC(=O)O)c(=O)[nH]2)cc1. The van der Waals surface area contributed by atoms with Gasteiger partial charge in [0.1, 0.15) is 18.2 Å². The number of H-pyrrole nitrogens is 1. The Labute approximate surface area is 138 Å². The van der Waals surface area contributed by atoms with Crippen LogP contribution in [-0.2, 0) is 17.8 Å². The van der Waals surface area contributed by atoms with Gasteiger partial charge in [0.15, 0.2) is 5.78 Å². The summed E-state index contributed by atoms with van der Waals surface area (Å²) < 4.78 is 5.53. The van der Waals surface area contributed by atoms with Crippen LogP contribution in [0.2, 0.25) is 0 Å². The predicted molar refractivity (Wildman–Crippen MR) is 86.3 cm³/mol. The average molecular weight is 330 g/mol. The molecule has 0 amide bonds. The van der Waals surface area contributed by atoms with Gasteiger partial charge in [0, 0.05) is 23.2 Å². The number of ketones is 1. The van der Waals surface area contributed by atoms with Gasteiger partial charge in [-0.25, -0.2) is 4.98 Å².